The van der Waals surface area contributed by atoms with E-state index in [1.807, 2.05) is 0 Å². The Morgan fingerprint density at radius 1 is 0.373 bits per heavy atom. The van der Waals surface area contributed by atoms with Crippen molar-refractivity contribution < 1.29 is 0 Å². The van der Waals surface area contributed by atoms with E-state index in [1.165, 1.54) is 136 Å². The van der Waals surface area contributed by atoms with E-state index in [9.17, 15) is 0 Å². The van der Waals surface area contributed by atoms with E-state index in [4.69, 9.17) is 4.98 Å². The van der Waals surface area contributed by atoms with Gasteiger partial charge in [-0.1, -0.05) is 115 Å². The Bertz CT molecular complexity index is 3370. The second-order valence-corrected chi connectivity index (χ2v) is 22.3. The highest BCUT2D eigenvalue weighted by atomic mass is 15.2. The third-order valence-electron chi connectivity index (χ3n) is 18.6. The molecule has 8 bridgehead atoms. The van der Waals surface area contributed by atoms with Gasteiger partial charge in [-0.2, -0.15) is 0 Å². The summed E-state index contributed by atoms with van der Waals surface area (Å²) in [6, 6.07) is 64.0. The van der Waals surface area contributed by atoms with E-state index in [1.54, 1.807) is 11.1 Å². The number of para-hydroxylation sites is 2. The number of fused-ring (bicyclic) bond motifs is 4. The van der Waals surface area contributed by atoms with E-state index < -0.39 is 0 Å². The van der Waals surface area contributed by atoms with E-state index in [0.717, 1.165) is 47.0 Å². The fraction of sp³-hybridized carbons (Fsp3) is 0.297. The lowest BCUT2D eigenvalue weighted by Gasteiger charge is -2.57. The summed E-state index contributed by atoms with van der Waals surface area (Å²) in [5, 5.41) is 11.0. The third kappa shape index (κ3) is 5.79. The van der Waals surface area contributed by atoms with Crippen molar-refractivity contribution in [3.63, 3.8) is 0 Å². The van der Waals surface area contributed by atoms with E-state index in [-0.39, 0.29) is 10.8 Å². The maximum atomic E-state index is 5.74. The van der Waals surface area contributed by atoms with Gasteiger partial charge in [-0.3, -0.25) is 4.90 Å². The summed E-state index contributed by atoms with van der Waals surface area (Å²) in [6.07, 6.45) is 17.5. The molecule has 0 spiro atoms. The zero-order chi connectivity index (χ0) is 43.8. The Labute approximate surface area is 394 Å². The van der Waals surface area contributed by atoms with Gasteiger partial charge in [0.2, 0.25) is 0 Å². The molecule has 8 aliphatic carbocycles. The molecule has 17 rings (SSSR count). The average molecular weight is 868 g/mol. The molecule has 0 N–H and O–H groups in total. The van der Waals surface area contributed by atoms with Crippen molar-refractivity contribution in [3.8, 4) is 0 Å². The SMILES string of the molecule is c1ccc(N(c2ccc3c(C45CC6CC(CC4C6)C5)c4cc(N(c5ccccc5)c5cccc6ccccc56)ncc4c(C45CC6CC(CC(C6)C4)C5)c3c2)c2cccc3ccccc23)cc1. The molecule has 8 saturated carbocycles. The summed E-state index contributed by atoms with van der Waals surface area (Å²) in [4.78, 5) is 10.8. The van der Waals surface area contributed by atoms with Gasteiger partial charge in [0.15, 0.2) is 0 Å². The van der Waals surface area contributed by atoms with Crippen LogP contribution in [0.1, 0.15) is 81.8 Å². The van der Waals surface area contributed by atoms with Crippen LogP contribution < -0.4 is 9.80 Å². The molecule has 8 fully saturated rings. The molecule has 3 heteroatoms. The number of aromatic nitrogens is 1. The maximum absolute atomic E-state index is 5.74. The van der Waals surface area contributed by atoms with Gasteiger partial charge in [0.1, 0.15) is 5.82 Å². The predicted octanol–water partition coefficient (Wildman–Crippen LogP) is 17.2. The first kappa shape index (κ1) is 38.6. The van der Waals surface area contributed by atoms with Crippen LogP contribution in [-0.2, 0) is 10.8 Å². The molecule has 8 aromatic carbocycles. The minimum atomic E-state index is 0.141. The molecule has 2 atom stereocenters. The van der Waals surface area contributed by atoms with Gasteiger partial charge in [0, 0.05) is 39.4 Å². The summed E-state index contributed by atoms with van der Waals surface area (Å²) in [7, 11) is 0. The number of pyridine rings is 1. The zero-order valence-corrected chi connectivity index (χ0v) is 38.3. The van der Waals surface area contributed by atoms with E-state index in [0.29, 0.717) is 0 Å². The topological polar surface area (TPSA) is 19.4 Å². The maximum Gasteiger partial charge on any atom is 0.138 e. The Hall–Kier alpha value is -6.45. The second kappa shape index (κ2) is 14.5. The molecule has 0 amide bonds. The molecule has 8 aliphatic rings. The fourth-order valence-corrected chi connectivity index (χ4v) is 16.9. The average Bonchev–Trinajstić information content (AvgIpc) is 3.76. The van der Waals surface area contributed by atoms with Crippen molar-refractivity contribution in [1.82, 2.24) is 4.98 Å². The normalized spacial score (nSPS) is 27.8. The lowest BCUT2D eigenvalue weighted by atomic mass is 9.47. The highest BCUT2D eigenvalue weighted by Crippen LogP contribution is 2.69. The lowest BCUT2D eigenvalue weighted by Crippen LogP contribution is -2.48. The van der Waals surface area contributed by atoms with Crippen molar-refractivity contribution >= 4 is 77.3 Å². The molecule has 2 unspecified atom stereocenters. The lowest BCUT2D eigenvalue weighted by molar-refractivity contribution is -0.00384. The molecule has 0 radical (unpaired) electrons. The molecule has 67 heavy (non-hydrogen) atoms. The molecule has 328 valence electrons. The quantitative estimate of drug-likeness (QED) is 0.142. The molecular formula is C64H57N3. The Morgan fingerprint density at radius 3 is 1.49 bits per heavy atom. The van der Waals surface area contributed by atoms with Crippen LogP contribution in [-0.4, -0.2) is 4.98 Å². The van der Waals surface area contributed by atoms with Crippen LogP contribution in [0.15, 0.2) is 176 Å². The standard InChI is InChI=1S/C64H57N3/c1-3-17-49(18-4-1)66(58-23-11-15-46-13-7-9-21-52(46)58)51-25-26-54-55(33-51)61(63-35-41-27-42(36-63)29-43(28-41)37-63)57-40-65-60(34-56(57)62(54)64-38-44-30-45(39-64)32-48(64)31-44)67(50-19-5-2-6-20-50)59-24-12-16-47-14-8-10-22-53(47)59/h1-26,33-34,40-45,48H,27-32,35-39H2. The number of hydrogen-bond donors (Lipinski definition) is 0. The molecule has 0 aliphatic heterocycles. The Kier molecular flexibility index (Phi) is 8.38. The van der Waals surface area contributed by atoms with Crippen LogP contribution >= 0.6 is 0 Å². The summed E-state index contributed by atoms with van der Waals surface area (Å²) < 4.78 is 0. The monoisotopic (exact) mass is 867 g/mol. The van der Waals surface area contributed by atoms with Crippen molar-refractivity contribution in [3.05, 3.63) is 187 Å². The molecule has 0 saturated heterocycles. The fourth-order valence-electron chi connectivity index (χ4n) is 16.9. The van der Waals surface area contributed by atoms with Crippen molar-refractivity contribution in [1.29, 1.82) is 0 Å². The number of anilines is 6. The van der Waals surface area contributed by atoms with Crippen LogP contribution in [0.5, 0.6) is 0 Å². The first-order valence-electron chi connectivity index (χ1n) is 25.6. The van der Waals surface area contributed by atoms with Crippen molar-refractivity contribution in [2.45, 2.75) is 81.5 Å². The van der Waals surface area contributed by atoms with Gasteiger partial charge in [0.25, 0.3) is 0 Å². The van der Waals surface area contributed by atoms with Gasteiger partial charge in [-0.15, -0.1) is 0 Å². The molecule has 9 aromatic rings. The number of benzene rings is 8. The Morgan fingerprint density at radius 2 is 0.881 bits per heavy atom. The predicted molar refractivity (Wildman–Crippen MR) is 279 cm³/mol. The summed E-state index contributed by atoms with van der Waals surface area (Å²) in [5.41, 5.74) is 9.59. The van der Waals surface area contributed by atoms with Gasteiger partial charge in [-0.05, 0) is 210 Å². The largest absolute Gasteiger partial charge is 0.310 e. The first-order valence-corrected chi connectivity index (χ1v) is 25.6. The van der Waals surface area contributed by atoms with Crippen molar-refractivity contribution in [2.75, 3.05) is 9.80 Å². The van der Waals surface area contributed by atoms with Gasteiger partial charge < -0.3 is 4.90 Å². The van der Waals surface area contributed by atoms with Crippen LogP contribution in [0, 0.1) is 35.5 Å². The highest BCUT2D eigenvalue weighted by Gasteiger charge is 2.60. The summed E-state index contributed by atoms with van der Waals surface area (Å²) in [5.74, 6) is 5.89. The first-order chi connectivity index (χ1) is 33.1. The Balaban J connectivity index is 1.05. The molecular weight excluding hydrogens is 811 g/mol. The van der Waals surface area contributed by atoms with Gasteiger partial charge in [0.05, 0.1) is 11.4 Å². The number of hydrogen-bond acceptors (Lipinski definition) is 3. The van der Waals surface area contributed by atoms with Crippen LogP contribution in [0.2, 0.25) is 0 Å². The number of nitrogens with zero attached hydrogens (tertiary/aromatic N) is 3. The number of rotatable bonds is 8. The minimum absolute atomic E-state index is 0.141. The van der Waals surface area contributed by atoms with Crippen molar-refractivity contribution in [2.24, 2.45) is 35.5 Å². The zero-order valence-electron chi connectivity index (χ0n) is 38.3. The molecule has 3 nitrogen and oxygen atoms in total. The summed E-state index contributed by atoms with van der Waals surface area (Å²) in [6.45, 7) is 0. The molecule has 1 heterocycles. The van der Waals surface area contributed by atoms with E-state index >= 15 is 0 Å². The van der Waals surface area contributed by atoms with Gasteiger partial charge in [-0.25, -0.2) is 4.98 Å². The van der Waals surface area contributed by atoms with Crippen LogP contribution in [0.4, 0.5) is 34.3 Å². The van der Waals surface area contributed by atoms with Crippen LogP contribution in [0.25, 0.3) is 43.1 Å². The third-order valence-corrected chi connectivity index (χ3v) is 18.6. The second-order valence-electron chi connectivity index (χ2n) is 22.3. The van der Waals surface area contributed by atoms with Crippen LogP contribution in [0.3, 0.4) is 0 Å². The highest BCUT2D eigenvalue weighted by molar-refractivity contribution is 6.11. The van der Waals surface area contributed by atoms with E-state index in [2.05, 4.69) is 186 Å². The smallest absolute Gasteiger partial charge is 0.138 e. The molecule has 1 aromatic heterocycles. The summed E-state index contributed by atoms with van der Waals surface area (Å²) >= 11 is 0. The minimum Gasteiger partial charge on any atom is -0.310 e. The van der Waals surface area contributed by atoms with Gasteiger partial charge >= 0.3 is 0 Å².